The third-order valence-electron chi connectivity index (χ3n) is 5.33. The van der Waals surface area contributed by atoms with Crippen molar-refractivity contribution in [2.45, 2.75) is 38.6 Å². The molecule has 1 aliphatic heterocycles. The summed E-state index contributed by atoms with van der Waals surface area (Å²) < 4.78 is 23.4. The fraction of sp³-hybridized carbons (Fsp3) is 0.375. The fourth-order valence-corrected chi connectivity index (χ4v) is 3.56. The topological polar surface area (TPSA) is 84.9 Å². The fourth-order valence-electron chi connectivity index (χ4n) is 3.56. The predicted octanol–water partition coefficient (Wildman–Crippen LogP) is 3.71. The van der Waals surface area contributed by atoms with E-state index in [1.807, 2.05) is 0 Å². The molecular formula is C24H27FN2O5. The van der Waals surface area contributed by atoms with Crippen LogP contribution >= 0.6 is 0 Å². The van der Waals surface area contributed by atoms with Gasteiger partial charge in [0.1, 0.15) is 11.6 Å². The van der Waals surface area contributed by atoms with Crippen molar-refractivity contribution in [2.75, 3.05) is 19.7 Å². The third kappa shape index (κ3) is 6.54. The van der Waals surface area contributed by atoms with Crippen LogP contribution in [0.3, 0.4) is 0 Å². The van der Waals surface area contributed by atoms with Crippen LogP contribution in [0.5, 0.6) is 5.75 Å². The molecule has 170 valence electrons. The van der Waals surface area contributed by atoms with Gasteiger partial charge >= 0.3 is 6.16 Å². The summed E-state index contributed by atoms with van der Waals surface area (Å²) in [6, 6.07) is 12.7. The molecule has 7 nitrogen and oxygen atoms in total. The Morgan fingerprint density at radius 1 is 1.06 bits per heavy atom. The third-order valence-corrected chi connectivity index (χ3v) is 5.33. The van der Waals surface area contributed by atoms with Gasteiger partial charge in [-0.1, -0.05) is 18.2 Å². The molecule has 0 radical (unpaired) electrons. The van der Waals surface area contributed by atoms with E-state index in [-0.39, 0.29) is 36.7 Å². The van der Waals surface area contributed by atoms with Gasteiger partial charge in [0.15, 0.2) is 0 Å². The standard InChI is InChI=1S/C24H27FN2O5/c1-2-31-24(30)32-20-10-7-18(8-11-20)23(29)26-19-13-15-27(16-14-19)22(28)12-9-17-5-3-4-6-21(17)25/h3-8,10-11,19H,2,9,12-16H2,1H3,(H,26,29). The van der Waals surface area contributed by atoms with Gasteiger partial charge in [-0.2, -0.15) is 0 Å². The van der Waals surface area contributed by atoms with E-state index in [4.69, 9.17) is 9.47 Å². The Morgan fingerprint density at radius 3 is 2.41 bits per heavy atom. The van der Waals surface area contributed by atoms with E-state index in [1.54, 1.807) is 42.2 Å². The molecule has 1 heterocycles. The minimum Gasteiger partial charge on any atom is -0.434 e. The number of amides is 2. The first kappa shape index (κ1) is 23.2. The highest BCUT2D eigenvalue weighted by atomic mass is 19.1. The average molecular weight is 442 g/mol. The number of hydrogen-bond acceptors (Lipinski definition) is 5. The van der Waals surface area contributed by atoms with Gasteiger partial charge < -0.3 is 19.7 Å². The van der Waals surface area contributed by atoms with E-state index < -0.39 is 6.16 Å². The van der Waals surface area contributed by atoms with E-state index >= 15 is 0 Å². The van der Waals surface area contributed by atoms with Gasteiger partial charge in [0.05, 0.1) is 6.61 Å². The molecule has 8 heteroatoms. The van der Waals surface area contributed by atoms with Crippen LogP contribution in [0.25, 0.3) is 0 Å². The highest BCUT2D eigenvalue weighted by Gasteiger charge is 2.24. The first-order chi connectivity index (χ1) is 15.5. The van der Waals surface area contributed by atoms with Crippen molar-refractivity contribution in [2.24, 2.45) is 0 Å². The number of likely N-dealkylation sites (tertiary alicyclic amines) is 1. The van der Waals surface area contributed by atoms with E-state index in [9.17, 15) is 18.8 Å². The molecule has 0 unspecified atom stereocenters. The lowest BCUT2D eigenvalue weighted by molar-refractivity contribution is -0.132. The number of benzene rings is 2. The number of nitrogens with zero attached hydrogens (tertiary/aromatic N) is 1. The van der Waals surface area contributed by atoms with E-state index in [0.29, 0.717) is 49.2 Å². The van der Waals surface area contributed by atoms with E-state index in [2.05, 4.69) is 5.32 Å². The Kier molecular flexibility index (Phi) is 8.19. The van der Waals surface area contributed by atoms with Crippen LogP contribution in [0.2, 0.25) is 0 Å². The number of nitrogens with one attached hydrogen (secondary N) is 1. The van der Waals surface area contributed by atoms with Gasteiger partial charge in [0.25, 0.3) is 5.91 Å². The van der Waals surface area contributed by atoms with E-state index in [1.165, 1.54) is 18.2 Å². The second kappa shape index (κ2) is 11.3. The Morgan fingerprint density at radius 2 is 1.75 bits per heavy atom. The first-order valence-electron chi connectivity index (χ1n) is 10.7. The highest BCUT2D eigenvalue weighted by molar-refractivity contribution is 5.94. The molecule has 2 aromatic rings. The molecule has 0 bridgehead atoms. The number of carbonyl (C=O) groups excluding carboxylic acids is 3. The smallest absolute Gasteiger partial charge is 0.434 e. The number of hydrogen-bond donors (Lipinski definition) is 1. The average Bonchev–Trinajstić information content (AvgIpc) is 2.79. The molecule has 1 aliphatic rings. The molecule has 1 saturated heterocycles. The van der Waals surface area contributed by atoms with Gasteiger partial charge in [0, 0.05) is 31.1 Å². The summed E-state index contributed by atoms with van der Waals surface area (Å²) in [4.78, 5) is 38.0. The SMILES string of the molecule is CCOC(=O)Oc1ccc(C(=O)NC2CCN(C(=O)CCc3ccccc3F)CC2)cc1. The minimum atomic E-state index is -0.792. The summed E-state index contributed by atoms with van der Waals surface area (Å²) in [5, 5.41) is 2.98. The molecule has 1 fully saturated rings. The summed E-state index contributed by atoms with van der Waals surface area (Å²) in [6.07, 6.45) is 1.15. The molecule has 2 aromatic carbocycles. The van der Waals surface area contributed by atoms with Crippen molar-refractivity contribution in [1.82, 2.24) is 10.2 Å². The maximum absolute atomic E-state index is 13.7. The lowest BCUT2D eigenvalue weighted by Crippen LogP contribution is -2.46. The molecule has 0 saturated carbocycles. The van der Waals surface area contributed by atoms with Crippen LogP contribution in [0.4, 0.5) is 9.18 Å². The van der Waals surface area contributed by atoms with Crippen LogP contribution in [-0.4, -0.2) is 48.6 Å². The Balaban J connectivity index is 1.42. The van der Waals surface area contributed by atoms with Crippen molar-refractivity contribution >= 4 is 18.0 Å². The molecule has 0 atom stereocenters. The normalized spacial score (nSPS) is 14.0. The van der Waals surface area contributed by atoms with Gasteiger partial charge in [-0.15, -0.1) is 0 Å². The lowest BCUT2D eigenvalue weighted by atomic mass is 10.0. The number of aryl methyl sites for hydroxylation is 1. The number of carbonyl (C=O) groups is 3. The van der Waals surface area contributed by atoms with Crippen LogP contribution in [-0.2, 0) is 16.0 Å². The van der Waals surface area contributed by atoms with Crippen molar-refractivity contribution in [1.29, 1.82) is 0 Å². The molecule has 32 heavy (non-hydrogen) atoms. The monoisotopic (exact) mass is 442 g/mol. The Labute approximate surface area is 186 Å². The maximum atomic E-state index is 13.7. The maximum Gasteiger partial charge on any atom is 0.513 e. The largest absolute Gasteiger partial charge is 0.513 e. The zero-order valence-corrected chi connectivity index (χ0v) is 18.0. The molecule has 3 rings (SSSR count). The second-order valence-electron chi connectivity index (χ2n) is 7.53. The molecule has 0 aliphatic carbocycles. The van der Waals surface area contributed by atoms with Crippen LogP contribution in [0.1, 0.15) is 42.1 Å². The van der Waals surface area contributed by atoms with Crippen molar-refractivity contribution < 1.29 is 28.2 Å². The minimum absolute atomic E-state index is 0.00443. The first-order valence-corrected chi connectivity index (χ1v) is 10.7. The van der Waals surface area contributed by atoms with Gasteiger partial charge in [-0.05, 0) is 62.1 Å². The summed E-state index contributed by atoms with van der Waals surface area (Å²) in [5.74, 6) is -0.225. The quantitative estimate of drug-likeness (QED) is 0.522. The van der Waals surface area contributed by atoms with Crippen molar-refractivity contribution in [3.8, 4) is 5.75 Å². The van der Waals surface area contributed by atoms with Crippen LogP contribution in [0.15, 0.2) is 48.5 Å². The highest BCUT2D eigenvalue weighted by Crippen LogP contribution is 2.16. The number of piperidine rings is 1. The second-order valence-corrected chi connectivity index (χ2v) is 7.53. The van der Waals surface area contributed by atoms with Crippen LogP contribution in [0, 0.1) is 5.82 Å². The summed E-state index contributed by atoms with van der Waals surface area (Å²) in [6.45, 7) is 3.00. The summed E-state index contributed by atoms with van der Waals surface area (Å²) in [5.41, 5.74) is 0.992. The van der Waals surface area contributed by atoms with Crippen molar-refractivity contribution in [3.05, 3.63) is 65.5 Å². The zero-order valence-electron chi connectivity index (χ0n) is 18.0. The lowest BCUT2D eigenvalue weighted by Gasteiger charge is -2.32. The Hall–Kier alpha value is -3.42. The molecular weight excluding hydrogens is 415 g/mol. The summed E-state index contributed by atoms with van der Waals surface area (Å²) in [7, 11) is 0. The number of halogens is 1. The van der Waals surface area contributed by atoms with E-state index in [0.717, 1.165) is 0 Å². The zero-order chi connectivity index (χ0) is 22.9. The summed E-state index contributed by atoms with van der Waals surface area (Å²) >= 11 is 0. The Bertz CT molecular complexity index is 940. The molecule has 0 aromatic heterocycles. The molecule has 1 N–H and O–H groups in total. The van der Waals surface area contributed by atoms with Crippen LogP contribution < -0.4 is 10.1 Å². The van der Waals surface area contributed by atoms with Gasteiger partial charge in [-0.3, -0.25) is 9.59 Å². The number of rotatable bonds is 7. The number of ether oxygens (including phenoxy) is 2. The predicted molar refractivity (Wildman–Crippen MR) is 116 cm³/mol. The van der Waals surface area contributed by atoms with Gasteiger partial charge in [-0.25, -0.2) is 9.18 Å². The van der Waals surface area contributed by atoms with Gasteiger partial charge in [0.2, 0.25) is 5.91 Å². The van der Waals surface area contributed by atoms with Crippen molar-refractivity contribution in [3.63, 3.8) is 0 Å². The molecule has 0 spiro atoms. The molecule has 2 amide bonds.